The van der Waals surface area contributed by atoms with E-state index in [2.05, 4.69) is 27.0 Å². The first-order valence-electron chi connectivity index (χ1n) is 8.49. The van der Waals surface area contributed by atoms with Crippen molar-refractivity contribution in [2.45, 2.75) is 38.4 Å². The van der Waals surface area contributed by atoms with Crippen LogP contribution < -0.4 is 11.1 Å². The van der Waals surface area contributed by atoms with Crippen molar-refractivity contribution < 1.29 is 4.79 Å². The fourth-order valence-corrected chi connectivity index (χ4v) is 5.55. The molecular weight excluding hydrogens is 374 g/mol. The predicted molar refractivity (Wildman–Crippen MR) is 107 cm³/mol. The standard InChI is InChI=1S/C18H23N3OS2.ClH/c19-17(22)14-7-15(24-12-14)10-21(9-13-1-6-23-11-13)16-8-18(16)2-4-20-5-3-18;/h1,6-7,11-12,16,20H,2-5,8-10H2,(H2,19,22);1H. The molecule has 0 bridgehead atoms. The zero-order valence-corrected chi connectivity index (χ0v) is 16.5. The molecule has 1 spiro atoms. The molecule has 1 saturated carbocycles. The third-order valence-corrected chi connectivity index (χ3v) is 7.10. The molecule has 1 atom stereocenters. The van der Waals surface area contributed by atoms with Gasteiger partial charge >= 0.3 is 0 Å². The minimum atomic E-state index is -0.330. The van der Waals surface area contributed by atoms with Crippen molar-refractivity contribution in [1.29, 1.82) is 0 Å². The van der Waals surface area contributed by atoms with Gasteiger partial charge in [0.05, 0.1) is 5.56 Å². The van der Waals surface area contributed by atoms with Crippen molar-refractivity contribution in [3.8, 4) is 0 Å². The molecule has 1 saturated heterocycles. The molecule has 4 rings (SSSR count). The number of nitrogens with two attached hydrogens (primary N) is 1. The average molecular weight is 398 g/mol. The molecule has 2 aliphatic rings. The molecule has 3 heterocycles. The van der Waals surface area contributed by atoms with Gasteiger partial charge in [-0.1, -0.05) is 0 Å². The SMILES string of the molecule is Cl.NC(=O)c1csc(CN(Cc2ccsc2)C2CC23CCNCC3)c1. The highest BCUT2D eigenvalue weighted by atomic mass is 35.5. The molecule has 4 nitrogen and oxygen atoms in total. The highest BCUT2D eigenvalue weighted by molar-refractivity contribution is 7.10. The number of hydrogen-bond donors (Lipinski definition) is 2. The summed E-state index contributed by atoms with van der Waals surface area (Å²) in [6.07, 6.45) is 3.89. The van der Waals surface area contributed by atoms with Crippen LogP contribution in [0.25, 0.3) is 0 Å². The van der Waals surface area contributed by atoms with Gasteiger partial charge in [-0.15, -0.1) is 23.7 Å². The van der Waals surface area contributed by atoms with Gasteiger partial charge in [0, 0.05) is 29.4 Å². The minimum Gasteiger partial charge on any atom is -0.366 e. The van der Waals surface area contributed by atoms with E-state index in [1.54, 1.807) is 22.7 Å². The number of rotatable bonds is 6. The Balaban J connectivity index is 0.00000182. The molecule has 2 fully saturated rings. The lowest BCUT2D eigenvalue weighted by Crippen LogP contribution is -2.35. The molecule has 1 aliphatic carbocycles. The topological polar surface area (TPSA) is 58.4 Å². The maximum absolute atomic E-state index is 11.4. The van der Waals surface area contributed by atoms with Crippen LogP contribution >= 0.6 is 35.1 Å². The molecule has 25 heavy (non-hydrogen) atoms. The van der Waals surface area contributed by atoms with Crippen LogP contribution in [0.2, 0.25) is 0 Å². The Morgan fingerprint density at radius 3 is 2.76 bits per heavy atom. The van der Waals surface area contributed by atoms with E-state index in [-0.39, 0.29) is 18.3 Å². The van der Waals surface area contributed by atoms with Crippen LogP contribution in [-0.4, -0.2) is 29.9 Å². The quantitative estimate of drug-likeness (QED) is 0.784. The maximum Gasteiger partial charge on any atom is 0.249 e. The first-order valence-corrected chi connectivity index (χ1v) is 10.3. The predicted octanol–water partition coefficient (Wildman–Crippen LogP) is 3.47. The van der Waals surface area contributed by atoms with Gasteiger partial charge in [-0.3, -0.25) is 9.69 Å². The van der Waals surface area contributed by atoms with E-state index >= 15 is 0 Å². The number of thiophene rings is 2. The Morgan fingerprint density at radius 1 is 1.32 bits per heavy atom. The molecule has 1 unspecified atom stereocenters. The average Bonchev–Trinajstić information content (AvgIpc) is 3.00. The summed E-state index contributed by atoms with van der Waals surface area (Å²) in [5.74, 6) is -0.330. The van der Waals surface area contributed by atoms with Crippen LogP contribution in [0, 0.1) is 5.41 Å². The summed E-state index contributed by atoms with van der Waals surface area (Å²) in [6.45, 7) is 4.20. The van der Waals surface area contributed by atoms with Crippen LogP contribution in [0.5, 0.6) is 0 Å². The Morgan fingerprint density at radius 2 is 2.12 bits per heavy atom. The largest absolute Gasteiger partial charge is 0.366 e. The fourth-order valence-electron chi connectivity index (χ4n) is 3.99. The fraction of sp³-hybridized carbons (Fsp3) is 0.500. The van der Waals surface area contributed by atoms with Gasteiger partial charge in [-0.2, -0.15) is 11.3 Å². The summed E-state index contributed by atoms with van der Waals surface area (Å²) in [7, 11) is 0. The van der Waals surface area contributed by atoms with E-state index < -0.39 is 0 Å². The van der Waals surface area contributed by atoms with Crippen molar-refractivity contribution in [2.24, 2.45) is 11.1 Å². The molecule has 3 N–H and O–H groups in total. The molecule has 1 aliphatic heterocycles. The number of nitrogens with one attached hydrogen (secondary N) is 1. The number of carbonyl (C=O) groups is 1. The van der Waals surface area contributed by atoms with E-state index in [0.717, 1.165) is 26.2 Å². The Hall–Kier alpha value is -0.920. The first-order chi connectivity index (χ1) is 11.7. The minimum absolute atomic E-state index is 0. The number of hydrogen-bond acceptors (Lipinski definition) is 5. The second kappa shape index (κ2) is 7.76. The number of halogens is 1. The summed E-state index contributed by atoms with van der Waals surface area (Å²) in [6, 6.07) is 4.85. The molecule has 0 aromatic carbocycles. The molecular formula is C18H24ClN3OS2. The van der Waals surface area contributed by atoms with E-state index in [4.69, 9.17) is 5.73 Å². The highest BCUT2D eigenvalue weighted by Crippen LogP contribution is 2.56. The molecule has 1 amide bonds. The van der Waals surface area contributed by atoms with Crippen molar-refractivity contribution in [3.05, 3.63) is 44.3 Å². The highest BCUT2D eigenvalue weighted by Gasteiger charge is 2.56. The van der Waals surface area contributed by atoms with Crippen LogP contribution in [0.3, 0.4) is 0 Å². The van der Waals surface area contributed by atoms with E-state index in [1.165, 1.54) is 29.7 Å². The molecule has 2 aromatic rings. The van der Waals surface area contributed by atoms with Gasteiger partial charge < -0.3 is 11.1 Å². The van der Waals surface area contributed by atoms with Crippen molar-refractivity contribution in [2.75, 3.05) is 13.1 Å². The number of carbonyl (C=O) groups excluding carboxylic acids is 1. The number of primary amides is 1. The second-order valence-electron chi connectivity index (χ2n) is 7.03. The number of piperidine rings is 1. The smallest absolute Gasteiger partial charge is 0.249 e. The monoisotopic (exact) mass is 397 g/mol. The summed E-state index contributed by atoms with van der Waals surface area (Å²) < 4.78 is 0. The third-order valence-electron chi connectivity index (χ3n) is 5.45. The van der Waals surface area contributed by atoms with Crippen LogP contribution in [0.1, 0.15) is 40.1 Å². The molecule has 7 heteroatoms. The van der Waals surface area contributed by atoms with Crippen molar-refractivity contribution >= 4 is 41.0 Å². The normalized spacial score (nSPS) is 21.2. The van der Waals surface area contributed by atoms with Gasteiger partial charge in [0.15, 0.2) is 0 Å². The van der Waals surface area contributed by atoms with Gasteiger partial charge in [0.1, 0.15) is 0 Å². The Labute approximate surface area is 162 Å². The number of nitrogens with zero attached hydrogens (tertiary/aromatic N) is 1. The van der Waals surface area contributed by atoms with Gasteiger partial charge in [-0.05, 0) is 66.2 Å². The van der Waals surface area contributed by atoms with E-state index in [1.807, 2.05) is 11.4 Å². The van der Waals surface area contributed by atoms with Gasteiger partial charge in [0.2, 0.25) is 5.91 Å². The van der Waals surface area contributed by atoms with Crippen molar-refractivity contribution in [1.82, 2.24) is 10.2 Å². The Bertz CT molecular complexity index is 710. The Kier molecular flexibility index (Phi) is 5.85. The lowest BCUT2D eigenvalue weighted by Gasteiger charge is -2.29. The number of amides is 1. The summed E-state index contributed by atoms with van der Waals surface area (Å²) in [5.41, 5.74) is 7.95. The maximum atomic E-state index is 11.4. The molecule has 2 aromatic heterocycles. The summed E-state index contributed by atoms with van der Waals surface area (Å²) >= 11 is 3.41. The van der Waals surface area contributed by atoms with Crippen LogP contribution in [0.15, 0.2) is 28.3 Å². The van der Waals surface area contributed by atoms with E-state index in [9.17, 15) is 4.79 Å². The molecule has 0 radical (unpaired) electrons. The lowest BCUT2D eigenvalue weighted by atomic mass is 9.93. The zero-order valence-electron chi connectivity index (χ0n) is 14.1. The van der Waals surface area contributed by atoms with E-state index in [0.29, 0.717) is 17.0 Å². The lowest BCUT2D eigenvalue weighted by molar-refractivity contribution is 0.100. The summed E-state index contributed by atoms with van der Waals surface area (Å²) in [4.78, 5) is 15.2. The van der Waals surface area contributed by atoms with Crippen LogP contribution in [-0.2, 0) is 13.1 Å². The van der Waals surface area contributed by atoms with Crippen molar-refractivity contribution in [3.63, 3.8) is 0 Å². The van der Waals surface area contributed by atoms with Crippen LogP contribution in [0.4, 0.5) is 0 Å². The van der Waals surface area contributed by atoms with Gasteiger partial charge in [0.25, 0.3) is 0 Å². The summed E-state index contributed by atoms with van der Waals surface area (Å²) in [5, 5.41) is 9.76. The molecule has 136 valence electrons. The third kappa shape index (κ3) is 4.09. The zero-order chi connectivity index (χ0) is 16.6. The van der Waals surface area contributed by atoms with Gasteiger partial charge in [-0.25, -0.2) is 0 Å². The first kappa shape index (κ1) is 18.9. The second-order valence-corrected chi connectivity index (χ2v) is 8.81.